The molecule has 2 aromatic rings. The molecule has 0 aliphatic rings. The Hall–Kier alpha value is -1.52. The molecule has 0 radical (unpaired) electrons. The Kier molecular flexibility index (Phi) is 3.12. The number of hydrogen-bond donors (Lipinski definition) is 2. The van der Waals surface area contributed by atoms with E-state index in [9.17, 15) is 10.2 Å². The van der Waals surface area contributed by atoms with Crippen molar-refractivity contribution < 1.29 is 10.2 Å². The third-order valence-corrected chi connectivity index (χ3v) is 2.64. The summed E-state index contributed by atoms with van der Waals surface area (Å²) in [5.74, 6) is 0.0752. The highest BCUT2D eigenvalue weighted by atomic mass is 35.5. The van der Waals surface area contributed by atoms with Gasteiger partial charge in [0, 0.05) is 18.0 Å². The molecule has 0 aliphatic heterocycles. The van der Waals surface area contributed by atoms with Crippen LogP contribution in [0.4, 0.5) is 0 Å². The first-order valence-electron chi connectivity index (χ1n) is 4.81. The van der Waals surface area contributed by atoms with Crippen molar-refractivity contribution in [2.45, 2.75) is 12.6 Å². The van der Waals surface area contributed by atoms with Crippen LogP contribution in [0, 0.1) is 0 Å². The van der Waals surface area contributed by atoms with Crippen LogP contribution < -0.4 is 0 Å². The molecule has 1 heterocycles. The van der Waals surface area contributed by atoms with Gasteiger partial charge < -0.3 is 14.8 Å². The van der Waals surface area contributed by atoms with Gasteiger partial charge in [0.2, 0.25) is 5.28 Å². The molecule has 0 amide bonds. The van der Waals surface area contributed by atoms with E-state index in [1.807, 2.05) is 0 Å². The van der Waals surface area contributed by atoms with Gasteiger partial charge in [-0.25, -0.2) is 4.98 Å². The smallest absolute Gasteiger partial charge is 0.202 e. The number of hydrogen-bond acceptors (Lipinski definition) is 3. The van der Waals surface area contributed by atoms with Crippen molar-refractivity contribution in [3.05, 3.63) is 47.5 Å². The van der Waals surface area contributed by atoms with Crippen molar-refractivity contribution in [3.8, 4) is 5.75 Å². The van der Waals surface area contributed by atoms with E-state index in [1.54, 1.807) is 35.2 Å². The zero-order valence-electron chi connectivity index (χ0n) is 8.42. The summed E-state index contributed by atoms with van der Waals surface area (Å²) in [5.41, 5.74) is 0.479. The minimum atomic E-state index is -0.812. The van der Waals surface area contributed by atoms with Crippen molar-refractivity contribution in [2.24, 2.45) is 0 Å². The summed E-state index contributed by atoms with van der Waals surface area (Å²) >= 11 is 5.79. The summed E-state index contributed by atoms with van der Waals surface area (Å²) in [6.07, 6.45) is 2.42. The molecular weight excluding hydrogens is 228 g/mol. The fourth-order valence-corrected chi connectivity index (χ4v) is 1.68. The Bertz CT molecular complexity index is 484. The van der Waals surface area contributed by atoms with Gasteiger partial charge in [-0.15, -0.1) is 0 Å². The van der Waals surface area contributed by atoms with Gasteiger partial charge in [0.1, 0.15) is 11.9 Å². The van der Waals surface area contributed by atoms with Gasteiger partial charge in [-0.1, -0.05) is 18.2 Å². The number of imidazole rings is 1. The lowest BCUT2D eigenvalue weighted by atomic mass is 10.1. The largest absolute Gasteiger partial charge is 0.508 e. The molecule has 1 aromatic carbocycles. The molecule has 84 valence electrons. The monoisotopic (exact) mass is 238 g/mol. The zero-order chi connectivity index (χ0) is 11.5. The van der Waals surface area contributed by atoms with E-state index < -0.39 is 6.10 Å². The van der Waals surface area contributed by atoms with Gasteiger partial charge in [-0.2, -0.15) is 0 Å². The Balaban J connectivity index is 2.18. The molecule has 0 aliphatic carbocycles. The van der Waals surface area contributed by atoms with E-state index in [0.717, 1.165) is 0 Å². The number of nitrogens with zero attached hydrogens (tertiary/aromatic N) is 2. The standard InChI is InChI=1S/C11H11ClN2O2/c12-11-13-5-6-14(11)7-10(16)8-3-1-2-4-9(8)15/h1-6,10,15-16H,7H2. The highest BCUT2D eigenvalue weighted by Gasteiger charge is 2.13. The van der Waals surface area contributed by atoms with Gasteiger partial charge in [0.15, 0.2) is 0 Å². The molecule has 0 saturated carbocycles. The first-order valence-corrected chi connectivity index (χ1v) is 5.19. The lowest BCUT2D eigenvalue weighted by molar-refractivity contribution is 0.153. The number of aliphatic hydroxyl groups excluding tert-OH is 1. The van der Waals surface area contributed by atoms with E-state index >= 15 is 0 Å². The average Bonchev–Trinajstić information content (AvgIpc) is 2.65. The van der Waals surface area contributed by atoms with E-state index in [-0.39, 0.29) is 12.3 Å². The highest BCUT2D eigenvalue weighted by molar-refractivity contribution is 6.28. The number of aromatic hydroxyl groups is 1. The molecule has 0 fully saturated rings. The number of benzene rings is 1. The molecule has 2 rings (SSSR count). The third-order valence-electron chi connectivity index (χ3n) is 2.33. The van der Waals surface area contributed by atoms with Gasteiger partial charge in [0.25, 0.3) is 0 Å². The summed E-state index contributed by atoms with van der Waals surface area (Å²) in [5, 5.41) is 19.8. The number of phenols is 1. The molecule has 1 aromatic heterocycles. The van der Waals surface area contributed by atoms with Crippen molar-refractivity contribution in [1.29, 1.82) is 0 Å². The minimum absolute atomic E-state index is 0.0752. The van der Waals surface area contributed by atoms with Crippen LogP contribution in [0.25, 0.3) is 0 Å². The van der Waals surface area contributed by atoms with Crippen molar-refractivity contribution in [1.82, 2.24) is 9.55 Å². The van der Waals surface area contributed by atoms with Crippen molar-refractivity contribution in [2.75, 3.05) is 0 Å². The molecule has 4 nitrogen and oxygen atoms in total. The van der Waals surface area contributed by atoms with Gasteiger partial charge in [-0.3, -0.25) is 0 Å². The number of aliphatic hydroxyl groups is 1. The van der Waals surface area contributed by atoms with E-state index in [4.69, 9.17) is 11.6 Å². The molecule has 1 unspecified atom stereocenters. The lowest BCUT2D eigenvalue weighted by Gasteiger charge is -2.13. The molecule has 5 heteroatoms. The summed E-state index contributed by atoms with van der Waals surface area (Å²) in [6, 6.07) is 6.67. The summed E-state index contributed by atoms with van der Waals surface area (Å²) in [7, 11) is 0. The van der Waals surface area contributed by atoms with E-state index in [0.29, 0.717) is 10.8 Å². The highest BCUT2D eigenvalue weighted by Crippen LogP contribution is 2.25. The van der Waals surface area contributed by atoms with Crippen molar-refractivity contribution >= 4 is 11.6 Å². The van der Waals surface area contributed by atoms with Crippen LogP contribution in [-0.4, -0.2) is 19.8 Å². The Morgan fingerprint density at radius 2 is 2.12 bits per heavy atom. The molecule has 2 N–H and O–H groups in total. The fraction of sp³-hybridized carbons (Fsp3) is 0.182. The average molecular weight is 239 g/mol. The summed E-state index contributed by atoms with van der Waals surface area (Å²) < 4.78 is 1.61. The first kappa shape index (κ1) is 11.0. The quantitative estimate of drug-likeness (QED) is 0.860. The van der Waals surface area contributed by atoms with E-state index in [1.165, 1.54) is 6.07 Å². The normalized spacial score (nSPS) is 12.6. The zero-order valence-corrected chi connectivity index (χ0v) is 9.17. The second-order valence-electron chi connectivity index (χ2n) is 3.42. The lowest BCUT2D eigenvalue weighted by Crippen LogP contribution is -2.08. The molecule has 1 atom stereocenters. The van der Waals surface area contributed by atoms with Crippen LogP contribution in [0.5, 0.6) is 5.75 Å². The predicted molar refractivity (Wildman–Crippen MR) is 60.3 cm³/mol. The van der Waals surface area contributed by atoms with Gasteiger partial charge in [0.05, 0.1) is 6.54 Å². The molecule has 0 saturated heterocycles. The maximum Gasteiger partial charge on any atom is 0.202 e. The minimum Gasteiger partial charge on any atom is -0.508 e. The number of halogens is 1. The number of phenolic OH excluding ortho intramolecular Hbond substituents is 1. The fourth-order valence-electron chi connectivity index (χ4n) is 1.50. The maximum atomic E-state index is 9.93. The van der Waals surface area contributed by atoms with Crippen LogP contribution in [0.2, 0.25) is 5.28 Å². The molecule has 0 spiro atoms. The maximum absolute atomic E-state index is 9.93. The number of aromatic nitrogens is 2. The second-order valence-corrected chi connectivity index (χ2v) is 3.76. The number of rotatable bonds is 3. The van der Waals surface area contributed by atoms with E-state index in [2.05, 4.69) is 4.98 Å². The van der Waals surface area contributed by atoms with Crippen LogP contribution in [-0.2, 0) is 6.54 Å². The molecule has 16 heavy (non-hydrogen) atoms. The number of para-hydroxylation sites is 1. The second kappa shape index (κ2) is 4.55. The SMILES string of the molecule is Oc1ccccc1C(O)Cn1ccnc1Cl. The van der Waals surface area contributed by atoms with Crippen LogP contribution in [0.3, 0.4) is 0 Å². The van der Waals surface area contributed by atoms with Crippen molar-refractivity contribution in [3.63, 3.8) is 0 Å². The van der Waals surface area contributed by atoms with Gasteiger partial charge >= 0.3 is 0 Å². The Morgan fingerprint density at radius 1 is 1.38 bits per heavy atom. The third kappa shape index (κ3) is 2.18. The topological polar surface area (TPSA) is 58.3 Å². The molecule has 0 bridgehead atoms. The van der Waals surface area contributed by atoms with Gasteiger partial charge in [-0.05, 0) is 17.7 Å². The summed E-state index contributed by atoms with van der Waals surface area (Å²) in [4.78, 5) is 3.84. The predicted octanol–water partition coefficient (Wildman–Crippen LogP) is 1.98. The Morgan fingerprint density at radius 3 is 2.75 bits per heavy atom. The Labute approximate surface area is 97.7 Å². The summed E-state index contributed by atoms with van der Waals surface area (Å²) in [6.45, 7) is 0.260. The first-order chi connectivity index (χ1) is 7.68. The van der Waals surface area contributed by atoms with Crippen LogP contribution in [0.1, 0.15) is 11.7 Å². The van der Waals surface area contributed by atoms with Crippen LogP contribution >= 0.6 is 11.6 Å². The van der Waals surface area contributed by atoms with Crippen LogP contribution in [0.15, 0.2) is 36.7 Å². The molecular formula is C11H11ClN2O2.